The molecule has 1 saturated heterocycles. The van der Waals surface area contributed by atoms with Gasteiger partial charge in [-0.25, -0.2) is 8.42 Å². The van der Waals surface area contributed by atoms with Crippen molar-refractivity contribution in [3.05, 3.63) is 64.7 Å². The maximum atomic E-state index is 13.0. The van der Waals surface area contributed by atoms with Gasteiger partial charge in [-0.15, -0.1) is 0 Å². The van der Waals surface area contributed by atoms with Gasteiger partial charge in [-0.05, 0) is 48.9 Å². The summed E-state index contributed by atoms with van der Waals surface area (Å²) < 4.78 is 27.6. The highest BCUT2D eigenvalue weighted by atomic mass is 35.5. The molecule has 2 aromatic carbocycles. The van der Waals surface area contributed by atoms with Gasteiger partial charge >= 0.3 is 0 Å². The summed E-state index contributed by atoms with van der Waals surface area (Å²) in [6.07, 6.45) is 2.39. The normalized spacial score (nSPS) is 17.1. The molecule has 3 rings (SSSR count). The molecule has 1 atom stereocenters. The number of hydrogen-bond acceptors (Lipinski definition) is 3. The molecule has 1 aliphatic rings. The minimum atomic E-state index is -3.65. The summed E-state index contributed by atoms with van der Waals surface area (Å²) in [5, 5.41) is 3.21. The Balaban J connectivity index is 1.84. The first kappa shape index (κ1) is 21.8. The van der Waals surface area contributed by atoms with Crippen LogP contribution in [0.1, 0.15) is 55.1 Å². The van der Waals surface area contributed by atoms with Crippen LogP contribution in [0.25, 0.3) is 0 Å². The number of hydrogen-bond donors (Lipinski definition) is 1. The molecule has 1 aliphatic heterocycles. The zero-order valence-corrected chi connectivity index (χ0v) is 18.3. The smallest absolute Gasteiger partial charge is 0.253 e. The maximum absolute atomic E-state index is 13.0. The van der Waals surface area contributed by atoms with Gasteiger partial charge in [0.15, 0.2) is 0 Å². The van der Waals surface area contributed by atoms with Gasteiger partial charge in [0.1, 0.15) is 0 Å². The number of amides is 1. The molecule has 0 aromatic heterocycles. The van der Waals surface area contributed by atoms with E-state index in [-0.39, 0.29) is 27.4 Å². The van der Waals surface area contributed by atoms with Crippen LogP contribution >= 0.6 is 11.6 Å². The van der Waals surface area contributed by atoms with Crippen LogP contribution in [0.4, 0.5) is 0 Å². The van der Waals surface area contributed by atoms with Crippen LogP contribution in [0.2, 0.25) is 5.02 Å². The van der Waals surface area contributed by atoms with E-state index in [2.05, 4.69) is 12.2 Å². The van der Waals surface area contributed by atoms with Crippen LogP contribution < -0.4 is 5.32 Å². The zero-order chi connectivity index (χ0) is 21.0. The lowest BCUT2D eigenvalue weighted by atomic mass is 10.0. The fraction of sp³-hybridized carbons (Fsp3) is 0.409. The number of sulfonamides is 1. The van der Waals surface area contributed by atoms with Crippen molar-refractivity contribution in [3.8, 4) is 0 Å². The summed E-state index contributed by atoms with van der Waals surface area (Å²) in [7, 11) is -3.65. The molecule has 0 bridgehead atoms. The maximum Gasteiger partial charge on any atom is 0.253 e. The minimum absolute atomic E-state index is 0.106. The Bertz CT molecular complexity index is 955. The van der Waals surface area contributed by atoms with E-state index in [4.69, 9.17) is 11.6 Å². The molecule has 0 spiro atoms. The quantitative estimate of drug-likeness (QED) is 0.720. The van der Waals surface area contributed by atoms with E-state index in [0.29, 0.717) is 25.4 Å². The van der Waals surface area contributed by atoms with E-state index < -0.39 is 10.0 Å². The fourth-order valence-electron chi connectivity index (χ4n) is 3.56. The van der Waals surface area contributed by atoms with Gasteiger partial charge in [-0.3, -0.25) is 4.79 Å². The molecule has 1 amide bonds. The van der Waals surface area contributed by atoms with Crippen molar-refractivity contribution in [3.63, 3.8) is 0 Å². The number of nitrogens with one attached hydrogen (secondary N) is 1. The molecule has 7 heteroatoms. The fourth-order valence-corrected chi connectivity index (χ4v) is 5.26. The standard InChI is InChI=1S/C22H27ClN2O3S/c1-3-21(17-7-5-4-6-8-17)24-22(26)19-15-18(9-10-20(19)23)29(27,28)25-13-11-16(2)12-14-25/h4-10,15-16,21H,3,11-14H2,1-2H3,(H,24,26). The average Bonchev–Trinajstić information content (AvgIpc) is 2.73. The van der Waals surface area contributed by atoms with Gasteiger partial charge in [-0.2, -0.15) is 4.31 Å². The molecule has 1 N–H and O–H groups in total. The molecule has 1 fully saturated rings. The second kappa shape index (κ2) is 9.28. The highest BCUT2D eigenvalue weighted by molar-refractivity contribution is 7.89. The lowest BCUT2D eigenvalue weighted by molar-refractivity contribution is 0.0935. The summed E-state index contributed by atoms with van der Waals surface area (Å²) in [5.74, 6) is 0.145. The molecule has 29 heavy (non-hydrogen) atoms. The zero-order valence-electron chi connectivity index (χ0n) is 16.8. The molecular weight excluding hydrogens is 408 g/mol. The third-order valence-corrected chi connectivity index (χ3v) is 7.70. The van der Waals surface area contributed by atoms with Gasteiger partial charge in [0.25, 0.3) is 5.91 Å². The Hall–Kier alpha value is -1.89. The van der Waals surface area contributed by atoms with E-state index >= 15 is 0 Å². The van der Waals surface area contributed by atoms with E-state index in [0.717, 1.165) is 18.4 Å². The Morgan fingerprint density at radius 1 is 1.17 bits per heavy atom. The first-order valence-corrected chi connectivity index (χ1v) is 11.8. The van der Waals surface area contributed by atoms with E-state index in [1.165, 1.54) is 22.5 Å². The van der Waals surface area contributed by atoms with Gasteiger partial charge in [0.2, 0.25) is 10.0 Å². The largest absolute Gasteiger partial charge is 0.345 e. The number of carbonyl (C=O) groups excluding carboxylic acids is 1. The highest BCUT2D eigenvalue weighted by Crippen LogP contribution is 2.27. The number of halogens is 1. The van der Waals surface area contributed by atoms with Crippen molar-refractivity contribution in [2.45, 2.75) is 44.0 Å². The van der Waals surface area contributed by atoms with E-state index in [1.807, 2.05) is 37.3 Å². The third-order valence-electron chi connectivity index (χ3n) is 5.48. The van der Waals surface area contributed by atoms with Crippen LogP contribution in [0.5, 0.6) is 0 Å². The predicted molar refractivity (Wildman–Crippen MR) is 116 cm³/mol. The van der Waals surface area contributed by atoms with Gasteiger partial charge < -0.3 is 5.32 Å². The number of nitrogens with zero attached hydrogens (tertiary/aromatic N) is 1. The summed E-state index contributed by atoms with van der Waals surface area (Å²) in [6, 6.07) is 13.8. The van der Waals surface area contributed by atoms with Crippen molar-refractivity contribution in [2.24, 2.45) is 5.92 Å². The molecule has 156 valence electrons. The van der Waals surface area contributed by atoms with Crippen LogP contribution in [0.15, 0.2) is 53.4 Å². The topological polar surface area (TPSA) is 66.5 Å². The van der Waals surface area contributed by atoms with Crippen molar-refractivity contribution in [2.75, 3.05) is 13.1 Å². The average molecular weight is 435 g/mol. The molecule has 2 aromatic rings. The summed E-state index contributed by atoms with van der Waals surface area (Å²) in [4.78, 5) is 13.0. The Morgan fingerprint density at radius 3 is 2.45 bits per heavy atom. The van der Waals surface area contributed by atoms with E-state index in [1.54, 1.807) is 0 Å². The lowest BCUT2D eigenvalue weighted by Gasteiger charge is -2.29. The van der Waals surface area contributed by atoms with Crippen molar-refractivity contribution < 1.29 is 13.2 Å². The van der Waals surface area contributed by atoms with Crippen molar-refractivity contribution in [1.29, 1.82) is 0 Å². The van der Waals surface area contributed by atoms with Crippen LogP contribution in [-0.2, 0) is 10.0 Å². The second-order valence-electron chi connectivity index (χ2n) is 7.57. The Morgan fingerprint density at radius 2 is 1.83 bits per heavy atom. The summed E-state index contributed by atoms with van der Waals surface area (Å²) in [5.41, 5.74) is 1.16. The number of rotatable bonds is 6. The second-order valence-corrected chi connectivity index (χ2v) is 9.92. The Kier molecular flexibility index (Phi) is 6.98. The van der Waals surface area contributed by atoms with Crippen molar-refractivity contribution >= 4 is 27.5 Å². The first-order chi connectivity index (χ1) is 13.8. The summed E-state index contributed by atoms with van der Waals surface area (Å²) in [6.45, 7) is 5.11. The SMILES string of the molecule is CCC(NC(=O)c1cc(S(=O)(=O)N2CCC(C)CC2)ccc1Cl)c1ccccc1. The number of carbonyl (C=O) groups is 1. The molecule has 5 nitrogen and oxygen atoms in total. The number of benzene rings is 2. The molecule has 0 saturated carbocycles. The minimum Gasteiger partial charge on any atom is -0.345 e. The third kappa shape index (κ3) is 5.00. The van der Waals surface area contributed by atoms with Crippen LogP contribution in [0, 0.1) is 5.92 Å². The Labute approximate surface area is 178 Å². The van der Waals surface area contributed by atoms with Crippen LogP contribution in [-0.4, -0.2) is 31.7 Å². The van der Waals surface area contributed by atoms with Gasteiger partial charge in [0.05, 0.1) is 21.5 Å². The molecule has 0 aliphatic carbocycles. The lowest BCUT2D eigenvalue weighted by Crippen LogP contribution is -2.38. The van der Waals surface area contributed by atoms with Gasteiger partial charge in [0, 0.05) is 13.1 Å². The molecule has 0 radical (unpaired) electrons. The molecule has 1 heterocycles. The highest BCUT2D eigenvalue weighted by Gasteiger charge is 2.29. The monoisotopic (exact) mass is 434 g/mol. The molecule has 1 unspecified atom stereocenters. The molecular formula is C22H27ClN2O3S. The van der Waals surface area contributed by atoms with Gasteiger partial charge in [-0.1, -0.05) is 55.8 Å². The van der Waals surface area contributed by atoms with Crippen LogP contribution in [0.3, 0.4) is 0 Å². The van der Waals surface area contributed by atoms with Crippen molar-refractivity contribution in [1.82, 2.24) is 9.62 Å². The predicted octanol–water partition coefficient (Wildman–Crippen LogP) is 4.64. The summed E-state index contributed by atoms with van der Waals surface area (Å²) >= 11 is 6.25. The number of piperidine rings is 1. The van der Waals surface area contributed by atoms with E-state index in [9.17, 15) is 13.2 Å². The first-order valence-electron chi connectivity index (χ1n) is 9.98.